The highest BCUT2D eigenvalue weighted by molar-refractivity contribution is 7.92. The van der Waals surface area contributed by atoms with Crippen LogP contribution < -0.4 is 0 Å². The third kappa shape index (κ3) is 2.06. The van der Waals surface area contributed by atoms with Crippen LogP contribution in [0.2, 0.25) is 0 Å². The number of hydrogen-bond acceptors (Lipinski definition) is 3. The van der Waals surface area contributed by atoms with Crippen molar-refractivity contribution in [3.63, 3.8) is 0 Å². The minimum absolute atomic E-state index is 0.356. The van der Waals surface area contributed by atoms with Crippen molar-refractivity contribution >= 4 is 9.84 Å². The van der Waals surface area contributed by atoms with Gasteiger partial charge in [-0.2, -0.15) is 0 Å². The molecule has 0 fully saturated rings. The van der Waals surface area contributed by atoms with Gasteiger partial charge in [0.25, 0.3) is 0 Å². The number of hydrogen-bond donors (Lipinski definition) is 0. The van der Waals surface area contributed by atoms with E-state index in [0.29, 0.717) is 4.90 Å². The van der Waals surface area contributed by atoms with E-state index in [1.54, 1.807) is 26.8 Å². The molecule has 1 heterocycles. The minimum Gasteiger partial charge on any atom is -0.262 e. The molecule has 0 aliphatic carbocycles. The van der Waals surface area contributed by atoms with Crippen molar-refractivity contribution in [2.24, 2.45) is 0 Å². The zero-order valence-corrected chi connectivity index (χ0v) is 8.80. The lowest BCUT2D eigenvalue weighted by molar-refractivity contribution is 0.587. The molecule has 0 spiro atoms. The van der Waals surface area contributed by atoms with Gasteiger partial charge in [0.2, 0.25) is 0 Å². The Morgan fingerprint density at radius 1 is 1.38 bits per heavy atom. The van der Waals surface area contributed by atoms with Crippen molar-refractivity contribution in [1.29, 1.82) is 0 Å². The molecule has 0 saturated heterocycles. The average Bonchev–Trinajstić information content (AvgIpc) is 2.04. The van der Waals surface area contributed by atoms with Gasteiger partial charge in [0.15, 0.2) is 9.84 Å². The molecule has 0 unspecified atom stereocenters. The maximum Gasteiger partial charge on any atom is 0.180 e. The first kappa shape index (κ1) is 10.2. The largest absolute Gasteiger partial charge is 0.262 e. The number of sulfone groups is 1. The van der Waals surface area contributed by atoms with Gasteiger partial charge in [0.1, 0.15) is 0 Å². The van der Waals surface area contributed by atoms with E-state index < -0.39 is 9.84 Å². The minimum atomic E-state index is -3.14. The van der Waals surface area contributed by atoms with Gasteiger partial charge in [-0.25, -0.2) is 8.42 Å². The molecular formula is C9H13NO2S. The van der Waals surface area contributed by atoms with Gasteiger partial charge in [-0.05, 0) is 32.9 Å². The van der Waals surface area contributed by atoms with E-state index in [2.05, 4.69) is 4.98 Å². The van der Waals surface area contributed by atoms with Gasteiger partial charge in [-0.1, -0.05) is 0 Å². The number of aromatic nitrogens is 1. The first-order chi connectivity index (χ1) is 5.94. The second-order valence-corrected chi connectivity index (χ2v) is 5.73. The summed E-state index contributed by atoms with van der Waals surface area (Å²) in [6.07, 6.45) is 1.52. The summed E-state index contributed by atoms with van der Waals surface area (Å²) in [5, 5.41) is -0.380. The average molecular weight is 199 g/mol. The van der Waals surface area contributed by atoms with E-state index in [4.69, 9.17) is 0 Å². The second kappa shape index (κ2) is 3.46. The van der Waals surface area contributed by atoms with Crippen molar-refractivity contribution in [2.45, 2.75) is 30.9 Å². The quantitative estimate of drug-likeness (QED) is 0.726. The summed E-state index contributed by atoms with van der Waals surface area (Å²) >= 11 is 0. The van der Waals surface area contributed by atoms with Crippen molar-refractivity contribution < 1.29 is 8.42 Å². The van der Waals surface area contributed by atoms with Crippen molar-refractivity contribution in [2.75, 3.05) is 0 Å². The zero-order chi connectivity index (χ0) is 10.1. The van der Waals surface area contributed by atoms with E-state index in [1.807, 2.05) is 0 Å². The Balaban J connectivity index is 3.24. The van der Waals surface area contributed by atoms with Crippen molar-refractivity contribution in [3.05, 3.63) is 24.0 Å². The van der Waals surface area contributed by atoms with Crippen LogP contribution in [0, 0.1) is 6.92 Å². The van der Waals surface area contributed by atoms with Crippen LogP contribution in [0.25, 0.3) is 0 Å². The summed E-state index contributed by atoms with van der Waals surface area (Å²) in [6.45, 7) is 5.12. The summed E-state index contributed by atoms with van der Waals surface area (Å²) in [6, 6.07) is 3.12. The van der Waals surface area contributed by atoms with Gasteiger partial charge in [-0.15, -0.1) is 0 Å². The van der Waals surface area contributed by atoms with Crippen LogP contribution in [0.1, 0.15) is 19.5 Å². The van der Waals surface area contributed by atoms with Crippen LogP contribution >= 0.6 is 0 Å². The Labute approximate surface area is 78.7 Å². The Morgan fingerprint density at radius 3 is 2.46 bits per heavy atom. The summed E-state index contributed by atoms with van der Waals surface area (Å²) in [5.74, 6) is 0. The Hall–Kier alpha value is -0.900. The lowest BCUT2D eigenvalue weighted by Crippen LogP contribution is -2.14. The highest BCUT2D eigenvalue weighted by Crippen LogP contribution is 2.15. The molecule has 1 aromatic rings. The van der Waals surface area contributed by atoms with Crippen molar-refractivity contribution in [3.8, 4) is 0 Å². The number of aryl methyl sites for hydroxylation is 1. The summed E-state index contributed by atoms with van der Waals surface area (Å²) in [4.78, 5) is 4.30. The summed E-state index contributed by atoms with van der Waals surface area (Å²) in [7, 11) is -3.14. The monoisotopic (exact) mass is 199 g/mol. The maximum absolute atomic E-state index is 11.7. The van der Waals surface area contributed by atoms with Crippen LogP contribution in [0.15, 0.2) is 23.2 Å². The molecule has 13 heavy (non-hydrogen) atoms. The highest BCUT2D eigenvalue weighted by atomic mass is 32.2. The van der Waals surface area contributed by atoms with Gasteiger partial charge in [-0.3, -0.25) is 4.98 Å². The highest BCUT2D eigenvalue weighted by Gasteiger charge is 2.18. The second-order valence-electron chi connectivity index (χ2n) is 3.23. The van der Waals surface area contributed by atoms with E-state index in [-0.39, 0.29) is 5.25 Å². The van der Waals surface area contributed by atoms with E-state index in [9.17, 15) is 8.42 Å². The Morgan fingerprint density at radius 2 is 2.00 bits per heavy atom. The SMILES string of the molecule is Cc1cc(S(=O)(=O)C(C)C)ccn1. The lowest BCUT2D eigenvalue weighted by atomic mass is 10.4. The van der Waals surface area contributed by atoms with E-state index in [1.165, 1.54) is 12.3 Å². The predicted molar refractivity (Wildman–Crippen MR) is 51.3 cm³/mol. The molecule has 0 radical (unpaired) electrons. The predicted octanol–water partition coefficient (Wildman–Crippen LogP) is 1.57. The number of rotatable bonds is 2. The molecule has 0 amide bonds. The van der Waals surface area contributed by atoms with Crippen LogP contribution in [0.5, 0.6) is 0 Å². The summed E-state index contributed by atoms with van der Waals surface area (Å²) < 4.78 is 23.3. The molecule has 4 heteroatoms. The fraction of sp³-hybridized carbons (Fsp3) is 0.444. The maximum atomic E-state index is 11.7. The van der Waals surface area contributed by atoms with E-state index >= 15 is 0 Å². The fourth-order valence-corrected chi connectivity index (χ4v) is 2.10. The topological polar surface area (TPSA) is 47.0 Å². The smallest absolute Gasteiger partial charge is 0.180 e. The molecule has 0 saturated carbocycles. The molecule has 0 bridgehead atoms. The lowest BCUT2D eigenvalue weighted by Gasteiger charge is -2.07. The van der Waals surface area contributed by atoms with E-state index in [0.717, 1.165) is 5.69 Å². The molecular weight excluding hydrogens is 186 g/mol. The first-order valence-corrected chi connectivity index (χ1v) is 5.66. The number of nitrogens with zero attached hydrogens (tertiary/aromatic N) is 1. The van der Waals surface area contributed by atoms with Crippen molar-refractivity contribution in [1.82, 2.24) is 4.98 Å². The van der Waals surface area contributed by atoms with Crippen LogP contribution in [0.3, 0.4) is 0 Å². The normalized spacial score (nSPS) is 12.0. The molecule has 0 atom stereocenters. The van der Waals surface area contributed by atoms with Crippen LogP contribution in [0.4, 0.5) is 0 Å². The van der Waals surface area contributed by atoms with Crippen LogP contribution in [-0.4, -0.2) is 18.7 Å². The van der Waals surface area contributed by atoms with Gasteiger partial charge >= 0.3 is 0 Å². The molecule has 0 N–H and O–H groups in total. The van der Waals surface area contributed by atoms with Crippen LogP contribution in [-0.2, 0) is 9.84 Å². The molecule has 3 nitrogen and oxygen atoms in total. The fourth-order valence-electron chi connectivity index (χ4n) is 0.969. The van der Waals surface area contributed by atoms with Gasteiger partial charge < -0.3 is 0 Å². The van der Waals surface area contributed by atoms with Gasteiger partial charge in [0, 0.05) is 11.9 Å². The molecule has 1 rings (SSSR count). The molecule has 0 aliphatic heterocycles. The Kier molecular flexibility index (Phi) is 2.71. The third-order valence-electron chi connectivity index (χ3n) is 1.82. The molecule has 1 aromatic heterocycles. The third-order valence-corrected chi connectivity index (χ3v) is 3.97. The number of pyridine rings is 1. The Bertz CT molecular complexity index is 396. The summed E-state index contributed by atoms with van der Waals surface area (Å²) in [5.41, 5.74) is 0.724. The zero-order valence-electron chi connectivity index (χ0n) is 7.98. The standard InChI is InChI=1S/C9H13NO2S/c1-7(2)13(11,12)9-4-5-10-8(3)6-9/h4-7H,1-3H3. The molecule has 72 valence electrons. The molecule has 0 aliphatic rings. The van der Waals surface area contributed by atoms with Gasteiger partial charge in [0.05, 0.1) is 10.1 Å². The molecule has 0 aromatic carbocycles. The first-order valence-electron chi connectivity index (χ1n) is 4.11.